The van der Waals surface area contributed by atoms with Crippen LogP contribution in [0.1, 0.15) is 80.6 Å². The first kappa shape index (κ1) is 29.9. The standard InChI is InChI=1S/C32H42O8/c1-16(2)9-8-10-21(30(37)38)27-23-13-12-22-20-11-14-24(35)17(3)26(20)28(40-19(5)34)29(36)32(22,7)31(23,6)15-25(27)39-18(4)33/h9,11,14,17,20,22-23,25-26,28H,8,10,12-13,15H2,1-7H3,(H,37,38). The number of fused-ring (bicyclic) bond motifs is 5. The number of esters is 2. The van der Waals surface area contributed by atoms with Gasteiger partial charge in [0.15, 0.2) is 17.7 Å². The smallest absolute Gasteiger partial charge is 0.331 e. The maximum Gasteiger partial charge on any atom is 0.331 e. The minimum absolute atomic E-state index is 0.0850. The molecule has 4 rings (SSSR count). The largest absolute Gasteiger partial charge is 0.478 e. The van der Waals surface area contributed by atoms with Crippen LogP contribution < -0.4 is 0 Å². The second kappa shape index (κ2) is 10.7. The van der Waals surface area contributed by atoms with Gasteiger partial charge >= 0.3 is 17.9 Å². The molecule has 40 heavy (non-hydrogen) atoms. The summed E-state index contributed by atoms with van der Waals surface area (Å²) in [6.07, 6.45) is 6.02. The molecule has 9 unspecified atom stereocenters. The average Bonchev–Trinajstić information content (AvgIpc) is 3.13. The van der Waals surface area contributed by atoms with E-state index in [0.29, 0.717) is 31.3 Å². The summed E-state index contributed by atoms with van der Waals surface area (Å²) < 4.78 is 11.5. The Bertz CT molecular complexity index is 1220. The van der Waals surface area contributed by atoms with E-state index < -0.39 is 52.8 Å². The molecule has 9 atom stereocenters. The molecule has 4 aliphatic carbocycles. The minimum atomic E-state index is -1.08. The molecule has 0 saturated heterocycles. The Kier molecular flexibility index (Phi) is 8.05. The molecule has 0 bridgehead atoms. The predicted molar refractivity (Wildman–Crippen MR) is 147 cm³/mol. The summed E-state index contributed by atoms with van der Waals surface area (Å²) in [6.45, 7) is 12.2. The number of allylic oxidation sites excluding steroid dienone is 4. The quantitative estimate of drug-likeness (QED) is 0.276. The number of carboxylic acids is 1. The Morgan fingerprint density at radius 2 is 1.70 bits per heavy atom. The van der Waals surface area contributed by atoms with Gasteiger partial charge in [-0.15, -0.1) is 0 Å². The van der Waals surface area contributed by atoms with Gasteiger partial charge in [0.1, 0.15) is 6.10 Å². The SMILES string of the molecule is CC(=O)OC1CC2(C)C(CCC3C4C=CC(=O)C(C)C4C(OC(C)=O)C(=O)C32C)C1=C(CCC=C(C)C)C(=O)O. The normalized spacial score (nSPS) is 39.4. The molecule has 218 valence electrons. The number of hydrogen-bond acceptors (Lipinski definition) is 7. The first-order valence-corrected chi connectivity index (χ1v) is 14.4. The number of aliphatic carboxylic acids is 1. The van der Waals surface area contributed by atoms with Gasteiger partial charge in [-0.3, -0.25) is 19.2 Å². The van der Waals surface area contributed by atoms with Crippen LogP contribution in [0.3, 0.4) is 0 Å². The van der Waals surface area contributed by atoms with Crippen molar-refractivity contribution in [3.63, 3.8) is 0 Å². The number of Topliss-reactive ketones (excluding diaryl/α,β-unsaturated/α-hetero) is 1. The molecule has 8 heteroatoms. The van der Waals surface area contributed by atoms with Crippen molar-refractivity contribution in [3.8, 4) is 0 Å². The van der Waals surface area contributed by atoms with Crippen molar-refractivity contribution < 1.29 is 38.6 Å². The molecular weight excluding hydrogens is 512 g/mol. The van der Waals surface area contributed by atoms with E-state index in [1.807, 2.05) is 39.8 Å². The molecule has 1 N–H and O–H groups in total. The summed E-state index contributed by atoms with van der Waals surface area (Å²) in [5.74, 6) is -3.96. The Morgan fingerprint density at radius 3 is 2.27 bits per heavy atom. The third kappa shape index (κ3) is 4.67. The lowest BCUT2D eigenvalue weighted by Gasteiger charge is -2.62. The fraction of sp³-hybridized carbons (Fsp3) is 0.656. The number of carbonyl (C=O) groups excluding carboxylic acids is 4. The van der Waals surface area contributed by atoms with E-state index in [1.54, 1.807) is 13.0 Å². The minimum Gasteiger partial charge on any atom is -0.478 e. The van der Waals surface area contributed by atoms with Gasteiger partial charge < -0.3 is 14.6 Å². The summed E-state index contributed by atoms with van der Waals surface area (Å²) in [6, 6.07) is 0. The third-order valence-electron chi connectivity index (χ3n) is 10.5. The number of hydrogen-bond donors (Lipinski definition) is 1. The predicted octanol–water partition coefficient (Wildman–Crippen LogP) is 5.01. The molecule has 0 aliphatic heterocycles. The van der Waals surface area contributed by atoms with Crippen molar-refractivity contribution in [1.82, 2.24) is 0 Å². The zero-order chi connectivity index (χ0) is 29.7. The molecule has 0 aromatic heterocycles. The van der Waals surface area contributed by atoms with Crippen LogP contribution in [-0.2, 0) is 33.4 Å². The average molecular weight is 555 g/mol. The lowest BCUT2D eigenvalue weighted by atomic mass is 9.40. The molecular formula is C32H42O8. The van der Waals surface area contributed by atoms with Crippen LogP contribution in [0, 0.1) is 40.4 Å². The molecule has 0 spiro atoms. The highest BCUT2D eigenvalue weighted by molar-refractivity contribution is 5.97. The highest BCUT2D eigenvalue weighted by Crippen LogP contribution is 2.70. The molecule has 3 saturated carbocycles. The topological polar surface area (TPSA) is 124 Å². The summed E-state index contributed by atoms with van der Waals surface area (Å²) in [4.78, 5) is 64.4. The molecule has 8 nitrogen and oxygen atoms in total. The zero-order valence-corrected chi connectivity index (χ0v) is 24.6. The number of rotatable bonds is 6. The molecule has 0 radical (unpaired) electrons. The van der Waals surface area contributed by atoms with Gasteiger partial charge in [-0.1, -0.05) is 38.5 Å². The van der Waals surface area contributed by atoms with Gasteiger partial charge in [0.05, 0.1) is 0 Å². The van der Waals surface area contributed by atoms with Crippen LogP contribution in [-0.4, -0.2) is 46.8 Å². The van der Waals surface area contributed by atoms with E-state index in [1.165, 1.54) is 13.8 Å². The van der Waals surface area contributed by atoms with Crippen LogP contribution in [0.5, 0.6) is 0 Å². The molecule has 3 fully saturated rings. The highest BCUT2D eigenvalue weighted by atomic mass is 16.5. The molecule has 0 amide bonds. The van der Waals surface area contributed by atoms with Crippen LogP contribution in [0.15, 0.2) is 34.9 Å². The number of carbonyl (C=O) groups is 5. The summed E-state index contributed by atoms with van der Waals surface area (Å²) >= 11 is 0. The van der Waals surface area contributed by atoms with Gasteiger partial charge in [-0.05, 0) is 80.8 Å². The fourth-order valence-electron chi connectivity index (χ4n) is 8.60. The van der Waals surface area contributed by atoms with E-state index in [-0.39, 0.29) is 41.3 Å². The van der Waals surface area contributed by atoms with Crippen molar-refractivity contribution in [2.75, 3.05) is 0 Å². The lowest BCUT2D eigenvalue weighted by Crippen LogP contribution is -2.66. The first-order chi connectivity index (χ1) is 18.6. The summed E-state index contributed by atoms with van der Waals surface area (Å²) in [5.41, 5.74) is 0.165. The van der Waals surface area contributed by atoms with E-state index in [0.717, 1.165) is 5.57 Å². The van der Waals surface area contributed by atoms with E-state index >= 15 is 0 Å². The monoisotopic (exact) mass is 554 g/mol. The highest BCUT2D eigenvalue weighted by Gasteiger charge is 2.71. The maximum atomic E-state index is 14.6. The maximum absolute atomic E-state index is 14.6. The zero-order valence-electron chi connectivity index (χ0n) is 24.6. The van der Waals surface area contributed by atoms with Gasteiger partial charge in [-0.25, -0.2) is 4.79 Å². The van der Waals surface area contributed by atoms with Crippen LogP contribution in [0.2, 0.25) is 0 Å². The molecule has 0 heterocycles. The Morgan fingerprint density at radius 1 is 1.05 bits per heavy atom. The Hall–Kier alpha value is -3.03. The number of ether oxygens (including phenoxy) is 2. The van der Waals surface area contributed by atoms with Crippen molar-refractivity contribution in [1.29, 1.82) is 0 Å². The van der Waals surface area contributed by atoms with Gasteiger partial charge in [0, 0.05) is 36.7 Å². The Balaban J connectivity index is 1.89. The van der Waals surface area contributed by atoms with Gasteiger partial charge in [0.2, 0.25) is 0 Å². The van der Waals surface area contributed by atoms with Gasteiger partial charge in [-0.2, -0.15) is 0 Å². The molecule has 0 aromatic carbocycles. The summed E-state index contributed by atoms with van der Waals surface area (Å²) in [7, 11) is 0. The van der Waals surface area contributed by atoms with Crippen LogP contribution in [0.25, 0.3) is 0 Å². The van der Waals surface area contributed by atoms with Crippen LogP contribution in [0.4, 0.5) is 0 Å². The van der Waals surface area contributed by atoms with E-state index in [4.69, 9.17) is 9.47 Å². The second-order valence-electron chi connectivity index (χ2n) is 12.8. The van der Waals surface area contributed by atoms with Crippen molar-refractivity contribution in [2.45, 2.75) is 92.8 Å². The molecule has 4 aliphatic rings. The number of carboxylic acid groups (broad SMARTS) is 1. The van der Waals surface area contributed by atoms with E-state index in [2.05, 4.69) is 0 Å². The lowest BCUT2D eigenvalue weighted by molar-refractivity contribution is -0.194. The third-order valence-corrected chi connectivity index (χ3v) is 10.5. The number of ketones is 2. The van der Waals surface area contributed by atoms with Crippen molar-refractivity contribution in [2.24, 2.45) is 40.4 Å². The van der Waals surface area contributed by atoms with Gasteiger partial charge in [0.25, 0.3) is 0 Å². The van der Waals surface area contributed by atoms with Crippen molar-refractivity contribution >= 4 is 29.5 Å². The first-order valence-electron chi connectivity index (χ1n) is 14.4. The van der Waals surface area contributed by atoms with Crippen molar-refractivity contribution in [3.05, 3.63) is 34.9 Å². The van der Waals surface area contributed by atoms with E-state index in [9.17, 15) is 29.1 Å². The Labute approximate surface area is 236 Å². The fourth-order valence-corrected chi connectivity index (χ4v) is 8.60. The van der Waals surface area contributed by atoms with Crippen LogP contribution >= 0.6 is 0 Å². The molecule has 0 aromatic rings. The summed E-state index contributed by atoms with van der Waals surface area (Å²) in [5, 5.41) is 10.3. The second-order valence-corrected chi connectivity index (χ2v) is 12.8.